The number of hydrogen-bond donors (Lipinski definition) is 1. The molecule has 0 bridgehead atoms. The molecule has 5 nitrogen and oxygen atoms in total. The lowest BCUT2D eigenvalue weighted by atomic mass is 9.90. The van der Waals surface area contributed by atoms with Gasteiger partial charge in [0.2, 0.25) is 0 Å². The summed E-state index contributed by atoms with van der Waals surface area (Å²) in [5, 5.41) is 19.8. The van der Waals surface area contributed by atoms with E-state index in [2.05, 4.69) is 54.5 Å². The van der Waals surface area contributed by atoms with Gasteiger partial charge in [0.15, 0.2) is 8.32 Å². The van der Waals surface area contributed by atoms with E-state index in [1.807, 2.05) is 6.92 Å². The third-order valence-electron chi connectivity index (χ3n) is 7.26. The average Bonchev–Trinajstić information content (AvgIpc) is 2.70. The minimum Gasteiger partial charge on any atom is -0.416 e. The normalized spacial score (nSPS) is 27.0. The van der Waals surface area contributed by atoms with E-state index in [9.17, 15) is 10.4 Å². The minimum atomic E-state index is -1.93. The van der Waals surface area contributed by atoms with Gasteiger partial charge in [-0.3, -0.25) is 0 Å². The molecule has 1 rings (SSSR count). The van der Waals surface area contributed by atoms with Crippen molar-refractivity contribution in [3.8, 4) is 6.07 Å². The van der Waals surface area contributed by atoms with Crippen molar-refractivity contribution >= 4 is 19.9 Å². The quantitative estimate of drug-likeness (QED) is 0.252. The molecule has 0 aromatic carbocycles. The van der Waals surface area contributed by atoms with Crippen molar-refractivity contribution in [3.05, 3.63) is 0 Å². The van der Waals surface area contributed by atoms with Gasteiger partial charge in [-0.2, -0.15) is 5.26 Å². The van der Waals surface area contributed by atoms with Gasteiger partial charge in [0, 0.05) is 18.9 Å². The molecule has 1 fully saturated rings. The Morgan fingerprint density at radius 1 is 1.16 bits per heavy atom. The monoisotopic (exact) mass is 475 g/mol. The van der Waals surface area contributed by atoms with Gasteiger partial charge in [0.25, 0.3) is 5.79 Å². The SMILES string of the molecule is CC(C)[Si](OCC[C@H]1O[C@](C#N)(O[C@@H](CO)[C@@H](C)CCCl)CC[C@@H]1C)(C(C)C)C(C)C. The molecule has 1 N–H and O–H groups in total. The summed E-state index contributed by atoms with van der Waals surface area (Å²) in [4.78, 5) is 0. The molecule has 0 saturated carbocycles. The number of aliphatic hydroxyl groups excluding tert-OH is 1. The molecular formula is C24H46ClNO4Si. The Kier molecular flexibility index (Phi) is 12.0. The molecule has 5 atom stereocenters. The molecule has 182 valence electrons. The number of rotatable bonds is 13. The van der Waals surface area contributed by atoms with Gasteiger partial charge in [0.1, 0.15) is 6.07 Å². The number of ether oxygens (including phenoxy) is 2. The molecule has 7 heteroatoms. The number of nitrogens with zero attached hydrogens (tertiary/aromatic N) is 1. The molecule has 1 heterocycles. The first-order valence-corrected chi connectivity index (χ1v) is 14.7. The Morgan fingerprint density at radius 3 is 2.19 bits per heavy atom. The van der Waals surface area contributed by atoms with E-state index in [-0.39, 0.29) is 18.6 Å². The highest BCUT2D eigenvalue weighted by Crippen LogP contribution is 2.43. The Hall–Kier alpha value is -0.163. The second kappa shape index (κ2) is 12.9. The summed E-state index contributed by atoms with van der Waals surface area (Å²) in [6, 6.07) is 2.27. The van der Waals surface area contributed by atoms with Gasteiger partial charge in [-0.05, 0) is 47.7 Å². The van der Waals surface area contributed by atoms with Crippen molar-refractivity contribution in [1.82, 2.24) is 0 Å². The molecule has 0 spiro atoms. The predicted molar refractivity (Wildman–Crippen MR) is 130 cm³/mol. The number of alkyl halides is 1. The minimum absolute atomic E-state index is 0.0483. The number of hydrogen-bond acceptors (Lipinski definition) is 5. The van der Waals surface area contributed by atoms with Crippen LogP contribution < -0.4 is 0 Å². The van der Waals surface area contributed by atoms with Gasteiger partial charge < -0.3 is 19.0 Å². The molecule has 0 unspecified atom stereocenters. The van der Waals surface area contributed by atoms with E-state index in [0.717, 1.165) is 12.8 Å². The van der Waals surface area contributed by atoms with E-state index in [1.165, 1.54) is 0 Å². The van der Waals surface area contributed by atoms with Crippen molar-refractivity contribution < 1.29 is 19.0 Å². The summed E-state index contributed by atoms with van der Waals surface area (Å²) >= 11 is 5.87. The fraction of sp³-hybridized carbons (Fsp3) is 0.958. The lowest BCUT2D eigenvalue weighted by Crippen LogP contribution is -2.50. The van der Waals surface area contributed by atoms with Crippen LogP contribution in [0.3, 0.4) is 0 Å². The van der Waals surface area contributed by atoms with Crippen LogP contribution in [-0.4, -0.2) is 50.5 Å². The van der Waals surface area contributed by atoms with Gasteiger partial charge in [-0.25, -0.2) is 0 Å². The maximum Gasteiger partial charge on any atom is 0.259 e. The summed E-state index contributed by atoms with van der Waals surface area (Å²) in [6.07, 6.45) is 2.25. The first kappa shape index (κ1) is 28.9. The molecule has 0 radical (unpaired) electrons. The summed E-state index contributed by atoms with van der Waals surface area (Å²) < 4.78 is 19.1. The zero-order valence-corrected chi connectivity index (χ0v) is 22.7. The van der Waals surface area contributed by atoms with Crippen molar-refractivity contribution in [2.45, 2.75) is 116 Å². The third-order valence-corrected chi connectivity index (χ3v) is 13.6. The molecule has 1 aliphatic rings. The molecule has 1 aliphatic heterocycles. The van der Waals surface area contributed by atoms with Crippen LogP contribution in [0.5, 0.6) is 0 Å². The van der Waals surface area contributed by atoms with Crippen LogP contribution in [0.4, 0.5) is 0 Å². The van der Waals surface area contributed by atoms with Crippen LogP contribution in [0, 0.1) is 23.2 Å². The smallest absolute Gasteiger partial charge is 0.259 e. The largest absolute Gasteiger partial charge is 0.416 e. The second-order valence-corrected chi connectivity index (χ2v) is 16.1. The van der Waals surface area contributed by atoms with E-state index >= 15 is 0 Å². The first-order valence-electron chi connectivity index (χ1n) is 12.1. The number of halogens is 1. The number of aliphatic hydroxyl groups is 1. The predicted octanol–water partition coefficient (Wildman–Crippen LogP) is 6.25. The summed E-state index contributed by atoms with van der Waals surface area (Å²) in [5.41, 5.74) is 1.60. The number of nitriles is 1. The fourth-order valence-corrected chi connectivity index (χ4v) is 11.2. The van der Waals surface area contributed by atoms with Crippen LogP contribution in [0.1, 0.15) is 81.1 Å². The fourth-order valence-electron chi connectivity index (χ4n) is 5.35. The van der Waals surface area contributed by atoms with Gasteiger partial charge in [0.05, 0.1) is 18.8 Å². The second-order valence-electron chi connectivity index (χ2n) is 10.3. The van der Waals surface area contributed by atoms with Crippen molar-refractivity contribution in [2.24, 2.45) is 11.8 Å². The Labute approximate surface area is 196 Å². The lowest BCUT2D eigenvalue weighted by molar-refractivity contribution is -0.285. The Morgan fingerprint density at radius 2 is 1.74 bits per heavy atom. The molecule has 31 heavy (non-hydrogen) atoms. The van der Waals surface area contributed by atoms with Crippen LogP contribution >= 0.6 is 11.6 Å². The highest BCUT2D eigenvalue weighted by atomic mass is 35.5. The third kappa shape index (κ3) is 7.16. The molecule has 0 aromatic rings. The van der Waals surface area contributed by atoms with E-state index in [1.54, 1.807) is 0 Å². The van der Waals surface area contributed by atoms with Crippen LogP contribution in [-0.2, 0) is 13.9 Å². The molecule has 0 aromatic heterocycles. The van der Waals surface area contributed by atoms with Crippen molar-refractivity contribution in [3.63, 3.8) is 0 Å². The highest BCUT2D eigenvalue weighted by Gasteiger charge is 2.47. The maximum atomic E-state index is 9.94. The summed E-state index contributed by atoms with van der Waals surface area (Å²) in [6.45, 7) is 18.4. The summed E-state index contributed by atoms with van der Waals surface area (Å²) in [7, 11) is -1.93. The molecular weight excluding hydrogens is 430 g/mol. The van der Waals surface area contributed by atoms with Crippen LogP contribution in [0.25, 0.3) is 0 Å². The van der Waals surface area contributed by atoms with Crippen LogP contribution in [0.15, 0.2) is 0 Å². The van der Waals surface area contributed by atoms with Crippen molar-refractivity contribution in [2.75, 3.05) is 19.1 Å². The zero-order valence-electron chi connectivity index (χ0n) is 21.0. The molecule has 0 aliphatic carbocycles. The lowest BCUT2D eigenvalue weighted by Gasteiger charge is -2.44. The van der Waals surface area contributed by atoms with Gasteiger partial charge >= 0.3 is 0 Å². The first-order chi connectivity index (χ1) is 14.5. The van der Waals surface area contributed by atoms with Crippen molar-refractivity contribution in [1.29, 1.82) is 5.26 Å². The average molecular weight is 476 g/mol. The Bertz CT molecular complexity index is 546. The zero-order chi connectivity index (χ0) is 23.8. The maximum absolute atomic E-state index is 9.94. The van der Waals surface area contributed by atoms with Crippen LogP contribution in [0.2, 0.25) is 16.6 Å². The van der Waals surface area contributed by atoms with Gasteiger partial charge in [-0.15, -0.1) is 11.6 Å². The summed E-state index contributed by atoms with van der Waals surface area (Å²) in [5.74, 6) is -0.443. The highest BCUT2D eigenvalue weighted by molar-refractivity contribution is 6.77. The van der Waals surface area contributed by atoms with Gasteiger partial charge in [-0.1, -0.05) is 55.4 Å². The standard InChI is InChI=1S/C24H46ClNO4Si/c1-17(2)31(18(3)4,19(5)6)28-14-11-22-20(7)9-12-24(16-26,29-22)30-23(15-27)21(8)10-13-25/h17-23,27H,9-15H2,1-8H3/t20-,21-,22+,23-,24-/m0/s1. The molecule has 0 amide bonds. The van der Waals surface area contributed by atoms with E-state index in [4.69, 9.17) is 25.5 Å². The molecule has 1 saturated heterocycles. The van der Waals surface area contributed by atoms with E-state index < -0.39 is 20.2 Å². The van der Waals surface area contributed by atoms with E-state index in [0.29, 0.717) is 47.9 Å². The Balaban J connectivity index is 2.88. The topological polar surface area (TPSA) is 71.7 Å².